The summed E-state index contributed by atoms with van der Waals surface area (Å²) in [5.41, 5.74) is 2.52. The molecule has 0 radical (unpaired) electrons. The lowest BCUT2D eigenvalue weighted by Gasteiger charge is -2.50. The molecular formula is C18H20ClNO2. The standard InChI is InChI=1S/C18H20ClNO2/c1-22-18(21)17-15-9-14-6-7-16(17)20(14)10-12(15)8-11-2-4-13(19)5-3-11/h2-5,8,14-17H,6-7,9-10H2,1H3/b12-8+. The van der Waals surface area contributed by atoms with Crippen LogP contribution in [0, 0.1) is 11.8 Å². The quantitative estimate of drug-likeness (QED) is 0.783. The topological polar surface area (TPSA) is 29.5 Å². The van der Waals surface area contributed by atoms with Crippen molar-refractivity contribution in [1.29, 1.82) is 0 Å². The maximum Gasteiger partial charge on any atom is 0.310 e. The SMILES string of the molecule is COC(=O)C1C2CC3CCC1N3C/C2=C\c1ccc(Cl)cc1. The number of hydrogen-bond donors (Lipinski definition) is 0. The number of piperidine rings is 3. The van der Waals surface area contributed by atoms with Gasteiger partial charge < -0.3 is 4.74 Å². The largest absolute Gasteiger partial charge is 0.469 e. The van der Waals surface area contributed by atoms with E-state index in [2.05, 4.69) is 11.0 Å². The van der Waals surface area contributed by atoms with Gasteiger partial charge in [0.25, 0.3) is 0 Å². The Labute approximate surface area is 135 Å². The van der Waals surface area contributed by atoms with Crippen LogP contribution in [0.25, 0.3) is 6.08 Å². The number of hydrogen-bond acceptors (Lipinski definition) is 3. The van der Waals surface area contributed by atoms with Crippen molar-refractivity contribution >= 4 is 23.6 Å². The number of methoxy groups -OCH3 is 1. The van der Waals surface area contributed by atoms with Gasteiger partial charge in [0.2, 0.25) is 0 Å². The zero-order chi connectivity index (χ0) is 15.3. The highest BCUT2D eigenvalue weighted by atomic mass is 35.5. The molecule has 0 aliphatic carbocycles. The maximum absolute atomic E-state index is 12.3. The summed E-state index contributed by atoms with van der Waals surface area (Å²) in [6.07, 6.45) is 5.69. The molecule has 4 saturated heterocycles. The Morgan fingerprint density at radius 3 is 2.82 bits per heavy atom. The molecule has 0 aromatic heterocycles. The number of nitrogens with zero attached hydrogens (tertiary/aromatic N) is 1. The number of rotatable bonds is 2. The van der Waals surface area contributed by atoms with E-state index in [0.717, 1.165) is 30.0 Å². The molecule has 3 nitrogen and oxygen atoms in total. The Balaban J connectivity index is 1.68. The van der Waals surface area contributed by atoms with Crippen molar-refractivity contribution in [3.05, 3.63) is 40.4 Å². The minimum Gasteiger partial charge on any atom is -0.469 e. The molecule has 0 N–H and O–H groups in total. The van der Waals surface area contributed by atoms with Crippen LogP contribution in [0.2, 0.25) is 5.02 Å². The average molecular weight is 318 g/mol. The van der Waals surface area contributed by atoms with Crippen LogP contribution in [0.3, 0.4) is 0 Å². The summed E-state index contributed by atoms with van der Waals surface area (Å²) in [5.74, 6) is 0.309. The fourth-order valence-corrected chi connectivity index (χ4v) is 4.78. The van der Waals surface area contributed by atoms with E-state index in [-0.39, 0.29) is 11.9 Å². The number of benzene rings is 1. The van der Waals surface area contributed by atoms with Crippen LogP contribution in [0.4, 0.5) is 0 Å². The number of fused-ring (bicyclic) bond motifs is 1. The van der Waals surface area contributed by atoms with Crippen molar-refractivity contribution in [2.24, 2.45) is 11.8 Å². The van der Waals surface area contributed by atoms with Crippen LogP contribution >= 0.6 is 11.6 Å². The first-order valence-electron chi connectivity index (χ1n) is 7.97. The molecule has 4 bridgehead atoms. The lowest BCUT2D eigenvalue weighted by molar-refractivity contribution is -0.153. The molecule has 5 atom stereocenters. The molecule has 4 fully saturated rings. The predicted octanol–water partition coefficient (Wildman–Crippen LogP) is 3.38. The van der Waals surface area contributed by atoms with E-state index in [0.29, 0.717) is 18.0 Å². The van der Waals surface area contributed by atoms with Gasteiger partial charge in [0.15, 0.2) is 0 Å². The zero-order valence-electron chi connectivity index (χ0n) is 12.7. The minimum atomic E-state index is -0.0398. The molecule has 4 heteroatoms. The predicted molar refractivity (Wildman–Crippen MR) is 86.6 cm³/mol. The number of carbonyl (C=O) groups excluding carboxylic acids is 1. The van der Waals surface area contributed by atoms with Crippen LogP contribution in [-0.2, 0) is 9.53 Å². The van der Waals surface area contributed by atoms with Crippen molar-refractivity contribution in [3.8, 4) is 0 Å². The summed E-state index contributed by atoms with van der Waals surface area (Å²) in [7, 11) is 1.51. The second-order valence-corrected chi connectivity index (χ2v) is 7.07. The Hall–Kier alpha value is -1.32. The zero-order valence-corrected chi connectivity index (χ0v) is 13.4. The van der Waals surface area contributed by atoms with Gasteiger partial charge in [-0.05, 0) is 42.9 Å². The highest BCUT2D eigenvalue weighted by Crippen LogP contribution is 2.50. The van der Waals surface area contributed by atoms with Gasteiger partial charge in [0, 0.05) is 23.7 Å². The summed E-state index contributed by atoms with van der Waals surface area (Å²) in [4.78, 5) is 14.8. The molecule has 5 unspecified atom stereocenters. The van der Waals surface area contributed by atoms with Crippen molar-refractivity contribution in [2.75, 3.05) is 13.7 Å². The van der Waals surface area contributed by atoms with Crippen LogP contribution in [0.5, 0.6) is 0 Å². The fourth-order valence-electron chi connectivity index (χ4n) is 4.65. The van der Waals surface area contributed by atoms with Gasteiger partial charge in [-0.1, -0.05) is 35.4 Å². The Morgan fingerprint density at radius 1 is 1.32 bits per heavy atom. The molecule has 0 spiro atoms. The van der Waals surface area contributed by atoms with Gasteiger partial charge in [-0.25, -0.2) is 0 Å². The van der Waals surface area contributed by atoms with E-state index >= 15 is 0 Å². The molecule has 116 valence electrons. The van der Waals surface area contributed by atoms with Crippen LogP contribution in [0.1, 0.15) is 24.8 Å². The second-order valence-electron chi connectivity index (χ2n) is 6.63. The Kier molecular flexibility index (Phi) is 3.50. The third kappa shape index (κ3) is 2.19. The van der Waals surface area contributed by atoms with E-state index < -0.39 is 0 Å². The average Bonchev–Trinajstić information content (AvgIpc) is 2.84. The third-order valence-corrected chi connectivity index (χ3v) is 5.85. The van der Waals surface area contributed by atoms with Gasteiger partial charge >= 0.3 is 5.97 Å². The molecule has 0 amide bonds. The maximum atomic E-state index is 12.3. The number of halogens is 1. The summed E-state index contributed by atoms with van der Waals surface area (Å²) >= 11 is 5.96. The molecular weight excluding hydrogens is 298 g/mol. The first-order chi connectivity index (χ1) is 10.7. The van der Waals surface area contributed by atoms with E-state index in [1.54, 1.807) is 0 Å². The smallest absolute Gasteiger partial charge is 0.310 e. The highest BCUT2D eigenvalue weighted by molar-refractivity contribution is 6.30. The van der Waals surface area contributed by atoms with E-state index in [1.807, 2.05) is 24.3 Å². The van der Waals surface area contributed by atoms with Crippen molar-refractivity contribution in [2.45, 2.75) is 31.3 Å². The van der Waals surface area contributed by atoms with Gasteiger partial charge in [-0.15, -0.1) is 0 Å². The number of ether oxygens (including phenoxy) is 1. The van der Waals surface area contributed by atoms with Crippen LogP contribution in [0.15, 0.2) is 29.8 Å². The molecule has 0 saturated carbocycles. The summed E-state index contributed by atoms with van der Waals surface area (Å²) in [5, 5.41) is 0.751. The van der Waals surface area contributed by atoms with Crippen molar-refractivity contribution in [1.82, 2.24) is 4.90 Å². The summed E-state index contributed by atoms with van der Waals surface area (Å²) in [6.45, 7) is 0.996. The van der Waals surface area contributed by atoms with Crippen LogP contribution < -0.4 is 0 Å². The molecule has 5 rings (SSSR count). The second kappa shape index (κ2) is 5.39. The molecule has 4 heterocycles. The first kappa shape index (κ1) is 14.3. The van der Waals surface area contributed by atoms with Gasteiger partial charge in [0.1, 0.15) is 0 Å². The van der Waals surface area contributed by atoms with Gasteiger partial charge in [-0.3, -0.25) is 9.69 Å². The lowest BCUT2D eigenvalue weighted by atomic mass is 9.71. The van der Waals surface area contributed by atoms with E-state index in [9.17, 15) is 4.79 Å². The summed E-state index contributed by atoms with van der Waals surface area (Å²) < 4.78 is 5.10. The normalized spacial score (nSPS) is 37.5. The van der Waals surface area contributed by atoms with Crippen LogP contribution in [-0.4, -0.2) is 36.6 Å². The van der Waals surface area contributed by atoms with E-state index in [1.165, 1.54) is 19.1 Å². The highest BCUT2D eigenvalue weighted by Gasteiger charge is 2.55. The van der Waals surface area contributed by atoms with E-state index in [4.69, 9.17) is 16.3 Å². The lowest BCUT2D eigenvalue weighted by Crippen LogP contribution is -2.58. The van der Waals surface area contributed by atoms with Gasteiger partial charge in [-0.2, -0.15) is 0 Å². The number of carbonyl (C=O) groups is 1. The Morgan fingerprint density at radius 2 is 2.09 bits per heavy atom. The molecule has 1 aromatic rings. The molecule has 22 heavy (non-hydrogen) atoms. The molecule has 4 aliphatic rings. The fraction of sp³-hybridized carbons (Fsp3) is 0.500. The first-order valence-corrected chi connectivity index (χ1v) is 8.35. The summed E-state index contributed by atoms with van der Waals surface area (Å²) in [6, 6.07) is 8.95. The van der Waals surface area contributed by atoms with Crippen molar-refractivity contribution in [3.63, 3.8) is 0 Å². The molecule has 4 aliphatic heterocycles. The van der Waals surface area contributed by atoms with Crippen molar-refractivity contribution < 1.29 is 9.53 Å². The monoisotopic (exact) mass is 317 g/mol. The molecule has 1 aromatic carbocycles. The minimum absolute atomic E-state index is 0.0102. The van der Waals surface area contributed by atoms with Gasteiger partial charge in [0.05, 0.1) is 13.0 Å². The number of esters is 1. The Bertz CT molecular complexity index is 624. The third-order valence-electron chi connectivity index (χ3n) is 5.60.